The van der Waals surface area contributed by atoms with Crippen molar-refractivity contribution in [1.82, 2.24) is 0 Å². The average Bonchev–Trinajstić information content (AvgIpc) is 2.39. The van der Waals surface area contributed by atoms with Crippen LogP contribution in [0.5, 0.6) is 5.75 Å². The maximum atomic E-state index is 5.95. The lowest BCUT2D eigenvalue weighted by Crippen LogP contribution is -2.00. The summed E-state index contributed by atoms with van der Waals surface area (Å²) >= 11 is 5.95. The molecule has 3 nitrogen and oxygen atoms in total. The van der Waals surface area contributed by atoms with Gasteiger partial charge < -0.3 is 15.8 Å². The first-order valence-electron chi connectivity index (χ1n) is 6.24. The summed E-state index contributed by atoms with van der Waals surface area (Å²) in [6, 6.07) is 13.2. The van der Waals surface area contributed by atoms with Gasteiger partial charge in [-0.15, -0.1) is 0 Å². The van der Waals surface area contributed by atoms with Crippen molar-refractivity contribution in [3.05, 3.63) is 47.5 Å². The molecule has 0 unspecified atom stereocenters. The van der Waals surface area contributed by atoms with Crippen LogP contribution in [0.4, 0.5) is 17.1 Å². The zero-order valence-electron chi connectivity index (χ0n) is 10.8. The van der Waals surface area contributed by atoms with Crippen LogP contribution in [-0.2, 0) is 0 Å². The van der Waals surface area contributed by atoms with E-state index in [1.807, 2.05) is 42.5 Å². The van der Waals surface area contributed by atoms with Crippen molar-refractivity contribution in [3.63, 3.8) is 0 Å². The molecule has 0 aliphatic rings. The number of ether oxygens (including phenoxy) is 1. The van der Waals surface area contributed by atoms with E-state index in [1.54, 1.807) is 0 Å². The molecule has 0 aliphatic carbocycles. The molecule has 0 saturated heterocycles. The Morgan fingerprint density at radius 3 is 2.68 bits per heavy atom. The van der Waals surface area contributed by atoms with Gasteiger partial charge >= 0.3 is 0 Å². The summed E-state index contributed by atoms with van der Waals surface area (Å²) in [6.07, 6.45) is 0.950. The molecular weight excluding hydrogens is 260 g/mol. The van der Waals surface area contributed by atoms with E-state index >= 15 is 0 Å². The molecular formula is C15H17ClN2O. The first kappa shape index (κ1) is 13.6. The van der Waals surface area contributed by atoms with E-state index in [9.17, 15) is 0 Å². The standard InChI is InChI=1S/C15H17ClN2O/c1-2-8-19-15-10-13(6-7-14(15)17)18-12-5-3-4-11(16)9-12/h3-7,9-10,18H,2,8,17H2,1H3. The third-order valence-corrected chi connectivity index (χ3v) is 2.82. The van der Waals surface area contributed by atoms with Crippen molar-refractivity contribution in [3.8, 4) is 5.75 Å². The quantitative estimate of drug-likeness (QED) is 0.793. The van der Waals surface area contributed by atoms with Crippen molar-refractivity contribution < 1.29 is 4.74 Å². The molecule has 2 rings (SSSR count). The van der Waals surface area contributed by atoms with Gasteiger partial charge in [-0.25, -0.2) is 0 Å². The fourth-order valence-corrected chi connectivity index (χ4v) is 1.87. The SMILES string of the molecule is CCCOc1cc(Nc2cccc(Cl)c2)ccc1N. The summed E-state index contributed by atoms with van der Waals surface area (Å²) in [4.78, 5) is 0. The highest BCUT2D eigenvalue weighted by atomic mass is 35.5. The normalized spacial score (nSPS) is 10.2. The maximum absolute atomic E-state index is 5.95. The number of nitrogens with two attached hydrogens (primary N) is 1. The van der Waals surface area contributed by atoms with Crippen LogP contribution in [0.2, 0.25) is 5.02 Å². The molecule has 2 aromatic carbocycles. The third kappa shape index (κ3) is 3.80. The number of halogens is 1. The monoisotopic (exact) mass is 276 g/mol. The Morgan fingerprint density at radius 1 is 1.16 bits per heavy atom. The zero-order valence-corrected chi connectivity index (χ0v) is 11.6. The summed E-state index contributed by atoms with van der Waals surface area (Å²) in [5, 5.41) is 3.97. The predicted octanol–water partition coefficient (Wildman–Crippen LogP) is 4.45. The Morgan fingerprint density at radius 2 is 1.95 bits per heavy atom. The van der Waals surface area contributed by atoms with Gasteiger partial charge in [-0.05, 0) is 36.8 Å². The molecule has 0 spiro atoms. The minimum absolute atomic E-state index is 0.644. The summed E-state index contributed by atoms with van der Waals surface area (Å²) in [6.45, 7) is 2.72. The predicted molar refractivity (Wildman–Crippen MR) is 81.4 cm³/mol. The first-order valence-corrected chi connectivity index (χ1v) is 6.61. The number of nitrogen functional groups attached to an aromatic ring is 1. The van der Waals surface area contributed by atoms with Gasteiger partial charge in [-0.3, -0.25) is 0 Å². The lowest BCUT2D eigenvalue weighted by atomic mass is 10.2. The first-order chi connectivity index (χ1) is 9.19. The number of anilines is 3. The second kappa shape index (κ2) is 6.34. The van der Waals surface area contributed by atoms with Crippen molar-refractivity contribution >= 4 is 28.7 Å². The van der Waals surface area contributed by atoms with Gasteiger partial charge in [0, 0.05) is 22.5 Å². The molecule has 19 heavy (non-hydrogen) atoms. The molecule has 0 aromatic heterocycles. The van der Waals surface area contributed by atoms with Gasteiger partial charge in [0.25, 0.3) is 0 Å². The fourth-order valence-electron chi connectivity index (χ4n) is 1.68. The number of hydrogen-bond acceptors (Lipinski definition) is 3. The summed E-state index contributed by atoms with van der Waals surface area (Å²) in [5.74, 6) is 0.703. The fraction of sp³-hybridized carbons (Fsp3) is 0.200. The summed E-state index contributed by atoms with van der Waals surface area (Å²) in [5.41, 5.74) is 8.37. The molecule has 0 bridgehead atoms. The van der Waals surface area contributed by atoms with Crippen LogP contribution in [0.15, 0.2) is 42.5 Å². The van der Waals surface area contributed by atoms with Gasteiger partial charge in [0.1, 0.15) is 5.75 Å². The Hall–Kier alpha value is -1.87. The van der Waals surface area contributed by atoms with Crippen LogP contribution in [-0.4, -0.2) is 6.61 Å². The molecule has 100 valence electrons. The van der Waals surface area contributed by atoms with Crippen molar-refractivity contribution in [2.75, 3.05) is 17.7 Å². The number of benzene rings is 2. The molecule has 2 aromatic rings. The summed E-state index contributed by atoms with van der Waals surface area (Å²) < 4.78 is 5.60. The molecule has 0 radical (unpaired) electrons. The Kier molecular flexibility index (Phi) is 4.53. The molecule has 0 amide bonds. The van der Waals surface area contributed by atoms with E-state index in [0.717, 1.165) is 17.8 Å². The Labute approximate surface area is 118 Å². The number of rotatable bonds is 5. The highest BCUT2D eigenvalue weighted by Crippen LogP contribution is 2.28. The number of nitrogens with one attached hydrogen (secondary N) is 1. The average molecular weight is 277 g/mol. The highest BCUT2D eigenvalue weighted by Gasteiger charge is 2.03. The largest absolute Gasteiger partial charge is 0.491 e. The third-order valence-electron chi connectivity index (χ3n) is 2.59. The molecule has 3 N–H and O–H groups in total. The maximum Gasteiger partial charge on any atom is 0.144 e. The van der Waals surface area contributed by atoms with Gasteiger partial charge in [0.05, 0.1) is 12.3 Å². The molecule has 0 saturated carbocycles. The smallest absolute Gasteiger partial charge is 0.144 e. The molecule has 4 heteroatoms. The minimum atomic E-state index is 0.644. The van der Waals surface area contributed by atoms with E-state index in [4.69, 9.17) is 22.1 Å². The lowest BCUT2D eigenvalue weighted by Gasteiger charge is -2.11. The molecule has 0 atom stereocenters. The van der Waals surface area contributed by atoms with Crippen LogP contribution in [0, 0.1) is 0 Å². The van der Waals surface area contributed by atoms with Gasteiger partial charge in [0.2, 0.25) is 0 Å². The van der Waals surface area contributed by atoms with E-state index in [0.29, 0.717) is 23.1 Å². The van der Waals surface area contributed by atoms with Gasteiger partial charge in [0.15, 0.2) is 0 Å². The highest BCUT2D eigenvalue weighted by molar-refractivity contribution is 6.30. The van der Waals surface area contributed by atoms with Gasteiger partial charge in [-0.2, -0.15) is 0 Å². The molecule has 0 aliphatic heterocycles. The second-order valence-electron chi connectivity index (χ2n) is 4.24. The topological polar surface area (TPSA) is 47.3 Å². The molecule has 0 fully saturated rings. The van der Waals surface area contributed by atoms with Crippen LogP contribution in [0.1, 0.15) is 13.3 Å². The van der Waals surface area contributed by atoms with Crippen molar-refractivity contribution in [2.45, 2.75) is 13.3 Å². The van der Waals surface area contributed by atoms with E-state index in [-0.39, 0.29) is 0 Å². The Bertz CT molecular complexity index is 558. The Balaban J connectivity index is 2.16. The van der Waals surface area contributed by atoms with E-state index in [1.165, 1.54) is 0 Å². The van der Waals surface area contributed by atoms with Gasteiger partial charge in [-0.1, -0.05) is 24.6 Å². The zero-order chi connectivity index (χ0) is 13.7. The van der Waals surface area contributed by atoms with E-state index < -0.39 is 0 Å². The van der Waals surface area contributed by atoms with E-state index in [2.05, 4.69) is 12.2 Å². The van der Waals surface area contributed by atoms with Crippen molar-refractivity contribution in [1.29, 1.82) is 0 Å². The van der Waals surface area contributed by atoms with Crippen LogP contribution >= 0.6 is 11.6 Å². The van der Waals surface area contributed by atoms with Crippen LogP contribution in [0.25, 0.3) is 0 Å². The van der Waals surface area contributed by atoms with Crippen molar-refractivity contribution in [2.24, 2.45) is 0 Å². The number of hydrogen-bond donors (Lipinski definition) is 2. The second-order valence-corrected chi connectivity index (χ2v) is 4.67. The summed E-state index contributed by atoms with van der Waals surface area (Å²) in [7, 11) is 0. The lowest BCUT2D eigenvalue weighted by molar-refractivity contribution is 0.319. The van der Waals surface area contributed by atoms with Crippen LogP contribution in [0.3, 0.4) is 0 Å². The minimum Gasteiger partial charge on any atom is -0.491 e. The molecule has 0 heterocycles. The van der Waals surface area contributed by atoms with Crippen LogP contribution < -0.4 is 15.8 Å².